The van der Waals surface area contributed by atoms with Crippen LogP contribution in [-0.2, 0) is 12.8 Å². The Kier molecular flexibility index (Phi) is 5.03. The van der Waals surface area contributed by atoms with E-state index in [2.05, 4.69) is 42.6 Å². The Morgan fingerprint density at radius 1 is 1.06 bits per heavy atom. The lowest BCUT2D eigenvalue weighted by atomic mass is 10.0. The molecule has 1 N–H and O–H groups in total. The molecular formula is C16H21NO. The molecule has 0 saturated heterocycles. The topological polar surface area (TPSA) is 25.2 Å². The van der Waals surface area contributed by atoms with Crippen LogP contribution in [0.5, 0.6) is 0 Å². The molecule has 1 aromatic carbocycles. The third kappa shape index (κ3) is 4.04. The molecule has 0 aliphatic rings. The fourth-order valence-electron chi connectivity index (χ4n) is 2.14. The van der Waals surface area contributed by atoms with Crippen molar-refractivity contribution in [1.82, 2.24) is 5.32 Å². The van der Waals surface area contributed by atoms with Crippen LogP contribution in [-0.4, -0.2) is 12.6 Å². The molecule has 2 rings (SSSR count). The summed E-state index contributed by atoms with van der Waals surface area (Å²) in [7, 11) is 0. The zero-order chi connectivity index (χ0) is 12.6. The number of hydrogen-bond acceptors (Lipinski definition) is 2. The largest absolute Gasteiger partial charge is 0.469 e. The van der Waals surface area contributed by atoms with E-state index in [9.17, 15) is 0 Å². The highest BCUT2D eigenvalue weighted by atomic mass is 16.3. The van der Waals surface area contributed by atoms with E-state index < -0.39 is 0 Å². The monoisotopic (exact) mass is 243 g/mol. The highest BCUT2D eigenvalue weighted by Gasteiger charge is 2.11. The minimum Gasteiger partial charge on any atom is -0.469 e. The lowest BCUT2D eigenvalue weighted by molar-refractivity contribution is 0.438. The Labute approximate surface area is 109 Å². The molecule has 96 valence electrons. The zero-order valence-corrected chi connectivity index (χ0v) is 10.9. The first-order chi connectivity index (χ1) is 8.88. The molecule has 1 unspecified atom stereocenters. The first-order valence-electron chi connectivity index (χ1n) is 6.68. The highest BCUT2D eigenvalue weighted by molar-refractivity contribution is 5.16. The lowest BCUT2D eigenvalue weighted by Gasteiger charge is -2.17. The highest BCUT2D eigenvalue weighted by Crippen LogP contribution is 2.09. The van der Waals surface area contributed by atoms with Crippen molar-refractivity contribution in [1.29, 1.82) is 0 Å². The summed E-state index contributed by atoms with van der Waals surface area (Å²) in [6.45, 7) is 3.25. The van der Waals surface area contributed by atoms with Crippen molar-refractivity contribution in [2.45, 2.75) is 32.2 Å². The van der Waals surface area contributed by atoms with Crippen LogP contribution in [0.25, 0.3) is 0 Å². The van der Waals surface area contributed by atoms with Crippen molar-refractivity contribution in [3.05, 3.63) is 60.1 Å². The third-order valence-electron chi connectivity index (χ3n) is 3.04. The van der Waals surface area contributed by atoms with Crippen LogP contribution in [0.3, 0.4) is 0 Å². The van der Waals surface area contributed by atoms with E-state index in [0.29, 0.717) is 6.04 Å². The van der Waals surface area contributed by atoms with E-state index in [1.165, 1.54) is 5.56 Å². The van der Waals surface area contributed by atoms with Gasteiger partial charge in [0.2, 0.25) is 0 Å². The summed E-state index contributed by atoms with van der Waals surface area (Å²) in [5.74, 6) is 1.06. The van der Waals surface area contributed by atoms with Crippen molar-refractivity contribution in [3.8, 4) is 0 Å². The molecule has 0 aliphatic heterocycles. The molecule has 0 amide bonds. The summed E-state index contributed by atoms with van der Waals surface area (Å²) < 4.78 is 5.44. The van der Waals surface area contributed by atoms with Gasteiger partial charge in [0.05, 0.1) is 6.26 Å². The van der Waals surface area contributed by atoms with Crippen LogP contribution in [0.1, 0.15) is 24.7 Å². The molecule has 18 heavy (non-hydrogen) atoms. The van der Waals surface area contributed by atoms with Gasteiger partial charge in [-0.2, -0.15) is 0 Å². The van der Waals surface area contributed by atoms with Crippen molar-refractivity contribution in [3.63, 3.8) is 0 Å². The summed E-state index contributed by atoms with van der Waals surface area (Å²) in [5.41, 5.74) is 1.37. The Morgan fingerprint density at radius 2 is 1.89 bits per heavy atom. The molecule has 0 spiro atoms. The van der Waals surface area contributed by atoms with Gasteiger partial charge >= 0.3 is 0 Å². The Morgan fingerprint density at radius 3 is 2.56 bits per heavy atom. The second-order valence-electron chi connectivity index (χ2n) is 4.62. The van der Waals surface area contributed by atoms with Gasteiger partial charge in [0, 0.05) is 12.5 Å². The predicted octanol–water partition coefficient (Wildman–Crippen LogP) is 3.43. The van der Waals surface area contributed by atoms with E-state index in [4.69, 9.17) is 4.42 Å². The molecular weight excluding hydrogens is 222 g/mol. The van der Waals surface area contributed by atoms with Gasteiger partial charge in [-0.1, -0.05) is 37.3 Å². The Balaban J connectivity index is 1.96. The minimum absolute atomic E-state index is 0.443. The molecule has 2 aromatic rings. The molecule has 2 nitrogen and oxygen atoms in total. The first kappa shape index (κ1) is 12.9. The molecule has 2 heteroatoms. The molecule has 0 aliphatic carbocycles. The van der Waals surface area contributed by atoms with Crippen molar-refractivity contribution in [2.24, 2.45) is 0 Å². The van der Waals surface area contributed by atoms with Gasteiger partial charge in [0.25, 0.3) is 0 Å². The summed E-state index contributed by atoms with van der Waals surface area (Å²) in [5, 5.41) is 3.60. The molecule has 0 fully saturated rings. The predicted molar refractivity (Wildman–Crippen MR) is 74.6 cm³/mol. The van der Waals surface area contributed by atoms with Crippen LogP contribution in [0.2, 0.25) is 0 Å². The molecule has 1 atom stereocenters. The van der Waals surface area contributed by atoms with Crippen LogP contribution in [0.15, 0.2) is 53.1 Å². The first-order valence-corrected chi connectivity index (χ1v) is 6.68. The number of rotatable bonds is 7. The van der Waals surface area contributed by atoms with E-state index in [-0.39, 0.29) is 0 Å². The zero-order valence-electron chi connectivity index (χ0n) is 10.9. The smallest absolute Gasteiger partial charge is 0.105 e. The second kappa shape index (κ2) is 7.02. The average molecular weight is 243 g/mol. The minimum atomic E-state index is 0.443. The quantitative estimate of drug-likeness (QED) is 0.806. The van der Waals surface area contributed by atoms with Gasteiger partial charge in [-0.15, -0.1) is 0 Å². The fourth-order valence-corrected chi connectivity index (χ4v) is 2.14. The van der Waals surface area contributed by atoms with E-state index in [1.807, 2.05) is 12.1 Å². The van der Waals surface area contributed by atoms with Crippen LogP contribution in [0, 0.1) is 0 Å². The standard InChI is InChI=1S/C16H21NO/c1-2-10-17-15(13-16-9-6-11-18-16)12-14-7-4-3-5-8-14/h3-9,11,15,17H,2,10,12-13H2,1H3. The molecule has 0 saturated carbocycles. The molecule has 0 radical (unpaired) electrons. The van der Waals surface area contributed by atoms with Gasteiger partial charge < -0.3 is 9.73 Å². The molecule has 1 heterocycles. The molecule has 1 aromatic heterocycles. The second-order valence-corrected chi connectivity index (χ2v) is 4.62. The van der Waals surface area contributed by atoms with Gasteiger partial charge in [-0.3, -0.25) is 0 Å². The van der Waals surface area contributed by atoms with Gasteiger partial charge in [0.15, 0.2) is 0 Å². The molecule has 0 bridgehead atoms. The fraction of sp³-hybridized carbons (Fsp3) is 0.375. The normalized spacial score (nSPS) is 12.5. The lowest BCUT2D eigenvalue weighted by Crippen LogP contribution is -2.33. The Bertz CT molecular complexity index is 422. The van der Waals surface area contributed by atoms with Crippen molar-refractivity contribution < 1.29 is 4.42 Å². The number of nitrogens with one attached hydrogen (secondary N) is 1. The van der Waals surface area contributed by atoms with Crippen LogP contribution in [0.4, 0.5) is 0 Å². The maximum absolute atomic E-state index is 5.44. The van der Waals surface area contributed by atoms with E-state index in [0.717, 1.165) is 31.6 Å². The van der Waals surface area contributed by atoms with Gasteiger partial charge in [-0.05, 0) is 37.1 Å². The number of hydrogen-bond donors (Lipinski definition) is 1. The SMILES string of the molecule is CCCNC(Cc1ccccc1)Cc1ccco1. The van der Waals surface area contributed by atoms with Gasteiger partial charge in [0.1, 0.15) is 5.76 Å². The van der Waals surface area contributed by atoms with E-state index >= 15 is 0 Å². The summed E-state index contributed by atoms with van der Waals surface area (Å²) >= 11 is 0. The summed E-state index contributed by atoms with van der Waals surface area (Å²) in [6, 6.07) is 15.1. The maximum Gasteiger partial charge on any atom is 0.105 e. The van der Waals surface area contributed by atoms with Crippen LogP contribution >= 0.6 is 0 Å². The third-order valence-corrected chi connectivity index (χ3v) is 3.04. The number of benzene rings is 1. The van der Waals surface area contributed by atoms with Gasteiger partial charge in [-0.25, -0.2) is 0 Å². The summed E-state index contributed by atoms with van der Waals surface area (Å²) in [4.78, 5) is 0. The summed E-state index contributed by atoms with van der Waals surface area (Å²) in [6.07, 6.45) is 4.89. The Hall–Kier alpha value is -1.54. The van der Waals surface area contributed by atoms with Crippen molar-refractivity contribution in [2.75, 3.05) is 6.54 Å². The van der Waals surface area contributed by atoms with Crippen LogP contribution < -0.4 is 5.32 Å². The number of furan rings is 1. The van der Waals surface area contributed by atoms with E-state index in [1.54, 1.807) is 6.26 Å². The average Bonchev–Trinajstić information content (AvgIpc) is 2.90. The maximum atomic E-state index is 5.44. The van der Waals surface area contributed by atoms with Crippen molar-refractivity contribution >= 4 is 0 Å².